The monoisotopic (exact) mass is 255 g/mol. The smallest absolute Gasteiger partial charge is 0.200 e. The molecule has 1 rings (SSSR count). The van der Waals surface area contributed by atoms with Gasteiger partial charge < -0.3 is 25.4 Å². The Morgan fingerprint density at radius 3 is 2.56 bits per heavy atom. The summed E-state index contributed by atoms with van der Waals surface area (Å²) < 4.78 is 5.39. The van der Waals surface area contributed by atoms with Crippen LogP contribution in [0.15, 0.2) is 12.1 Å². The Hall–Kier alpha value is -1.46. The number of rotatable bonds is 7. The number of hydrogen-bond donors (Lipinski definition) is 4. The maximum absolute atomic E-state index is 9.57. The topological polar surface area (TPSA) is 82.0 Å². The van der Waals surface area contributed by atoms with Crippen molar-refractivity contribution in [3.8, 4) is 17.2 Å². The van der Waals surface area contributed by atoms with Gasteiger partial charge in [0.15, 0.2) is 11.5 Å². The number of nitrogens with one attached hydrogen (secondary N) is 1. The van der Waals surface area contributed by atoms with E-state index < -0.39 is 5.75 Å². The highest BCUT2D eigenvalue weighted by Gasteiger charge is 2.10. The summed E-state index contributed by atoms with van der Waals surface area (Å²) in [6.07, 6.45) is 0. The second-order valence-corrected chi connectivity index (χ2v) is 4.59. The van der Waals surface area contributed by atoms with Crippen molar-refractivity contribution in [3.63, 3.8) is 0 Å². The van der Waals surface area contributed by atoms with Crippen molar-refractivity contribution in [3.05, 3.63) is 17.7 Å². The van der Waals surface area contributed by atoms with Crippen molar-refractivity contribution in [2.45, 2.75) is 20.4 Å². The van der Waals surface area contributed by atoms with Crippen LogP contribution in [0, 0.1) is 5.92 Å². The van der Waals surface area contributed by atoms with Gasteiger partial charge in [-0.05, 0) is 12.0 Å². The molecule has 1 aromatic rings. The molecule has 0 amide bonds. The van der Waals surface area contributed by atoms with Crippen LogP contribution in [-0.2, 0) is 11.3 Å². The van der Waals surface area contributed by atoms with Crippen LogP contribution in [-0.4, -0.2) is 35.1 Å². The van der Waals surface area contributed by atoms with Crippen LogP contribution in [0.3, 0.4) is 0 Å². The molecule has 0 aliphatic heterocycles. The lowest BCUT2D eigenvalue weighted by atomic mass is 10.1. The molecule has 0 bridgehead atoms. The second-order valence-electron chi connectivity index (χ2n) is 4.59. The molecule has 5 heteroatoms. The average Bonchev–Trinajstić information content (AvgIpc) is 2.33. The maximum Gasteiger partial charge on any atom is 0.200 e. The Kier molecular flexibility index (Phi) is 5.74. The SMILES string of the molecule is CC(C)COCCNCc1ccc(O)c(O)c1O. The normalized spacial score (nSPS) is 11.1. The molecule has 0 saturated carbocycles. The van der Waals surface area contributed by atoms with E-state index in [0.717, 1.165) is 6.61 Å². The third kappa shape index (κ3) is 4.43. The number of ether oxygens (including phenoxy) is 1. The lowest BCUT2D eigenvalue weighted by Crippen LogP contribution is -2.20. The predicted octanol–water partition coefficient (Wildman–Crippen LogP) is 1.57. The molecule has 1 aromatic carbocycles. The van der Waals surface area contributed by atoms with Gasteiger partial charge >= 0.3 is 0 Å². The highest BCUT2D eigenvalue weighted by Crippen LogP contribution is 2.36. The minimum Gasteiger partial charge on any atom is -0.504 e. The van der Waals surface area contributed by atoms with Crippen molar-refractivity contribution in [2.75, 3.05) is 19.8 Å². The van der Waals surface area contributed by atoms with Crippen LogP contribution in [0.4, 0.5) is 0 Å². The lowest BCUT2D eigenvalue weighted by Gasteiger charge is -2.10. The Balaban J connectivity index is 2.30. The van der Waals surface area contributed by atoms with Gasteiger partial charge in [-0.2, -0.15) is 0 Å². The van der Waals surface area contributed by atoms with Crippen LogP contribution in [0.1, 0.15) is 19.4 Å². The van der Waals surface area contributed by atoms with Gasteiger partial charge in [0.2, 0.25) is 5.75 Å². The molecule has 102 valence electrons. The number of benzene rings is 1. The van der Waals surface area contributed by atoms with E-state index in [1.165, 1.54) is 6.07 Å². The zero-order valence-corrected chi connectivity index (χ0v) is 10.8. The van der Waals surface area contributed by atoms with Gasteiger partial charge in [0.05, 0.1) is 6.61 Å². The molecule has 0 atom stereocenters. The van der Waals surface area contributed by atoms with Crippen LogP contribution >= 0.6 is 0 Å². The minimum absolute atomic E-state index is 0.286. The minimum atomic E-state index is -0.481. The summed E-state index contributed by atoms with van der Waals surface area (Å²) in [5.41, 5.74) is 0.536. The van der Waals surface area contributed by atoms with Crippen LogP contribution in [0.25, 0.3) is 0 Å². The van der Waals surface area contributed by atoms with E-state index in [1.807, 2.05) is 0 Å². The second kappa shape index (κ2) is 7.08. The molecule has 0 radical (unpaired) electrons. The van der Waals surface area contributed by atoms with E-state index in [2.05, 4.69) is 19.2 Å². The molecule has 0 aliphatic carbocycles. The maximum atomic E-state index is 9.57. The summed E-state index contributed by atoms with van der Waals surface area (Å²) in [5, 5.41) is 31.2. The quantitative estimate of drug-likeness (QED) is 0.439. The van der Waals surface area contributed by atoms with Crippen molar-refractivity contribution < 1.29 is 20.1 Å². The first kappa shape index (κ1) is 14.6. The fourth-order valence-electron chi connectivity index (χ4n) is 1.44. The van der Waals surface area contributed by atoms with E-state index >= 15 is 0 Å². The molecule has 5 nitrogen and oxygen atoms in total. The van der Waals surface area contributed by atoms with Crippen molar-refractivity contribution >= 4 is 0 Å². The summed E-state index contributed by atoms with van der Waals surface area (Å²) >= 11 is 0. The molecule has 0 fully saturated rings. The summed E-state index contributed by atoms with van der Waals surface area (Å²) in [4.78, 5) is 0. The third-order valence-corrected chi connectivity index (χ3v) is 2.40. The summed E-state index contributed by atoms with van der Waals surface area (Å²) in [7, 11) is 0. The van der Waals surface area contributed by atoms with Crippen LogP contribution < -0.4 is 5.32 Å². The number of hydrogen-bond acceptors (Lipinski definition) is 5. The number of aromatic hydroxyl groups is 3. The Morgan fingerprint density at radius 1 is 1.17 bits per heavy atom. The molecule has 0 aromatic heterocycles. The molecule has 0 saturated heterocycles. The highest BCUT2D eigenvalue weighted by atomic mass is 16.5. The van der Waals surface area contributed by atoms with Gasteiger partial charge in [0.25, 0.3) is 0 Å². The van der Waals surface area contributed by atoms with Crippen molar-refractivity contribution in [2.24, 2.45) is 5.92 Å². The third-order valence-electron chi connectivity index (χ3n) is 2.40. The molecule has 0 aliphatic rings. The average molecular weight is 255 g/mol. The summed E-state index contributed by atoms with van der Waals surface area (Å²) in [6, 6.07) is 2.91. The predicted molar refractivity (Wildman–Crippen MR) is 68.8 cm³/mol. The highest BCUT2D eigenvalue weighted by molar-refractivity contribution is 5.52. The first-order valence-electron chi connectivity index (χ1n) is 6.03. The first-order valence-corrected chi connectivity index (χ1v) is 6.03. The van der Waals surface area contributed by atoms with Gasteiger partial charge in [-0.15, -0.1) is 0 Å². The Bertz CT molecular complexity index is 379. The molecule has 0 unspecified atom stereocenters. The Labute approximate surface area is 107 Å². The van der Waals surface area contributed by atoms with E-state index in [-0.39, 0.29) is 11.5 Å². The van der Waals surface area contributed by atoms with Crippen LogP contribution in [0.2, 0.25) is 0 Å². The molecular weight excluding hydrogens is 234 g/mol. The van der Waals surface area contributed by atoms with Crippen molar-refractivity contribution in [1.29, 1.82) is 0 Å². The van der Waals surface area contributed by atoms with Gasteiger partial charge in [-0.3, -0.25) is 0 Å². The first-order chi connectivity index (χ1) is 8.52. The van der Waals surface area contributed by atoms with Gasteiger partial charge in [0, 0.05) is 25.3 Å². The molecule has 0 heterocycles. The van der Waals surface area contributed by atoms with Gasteiger partial charge in [-0.1, -0.05) is 19.9 Å². The Morgan fingerprint density at radius 2 is 1.89 bits per heavy atom. The van der Waals surface area contributed by atoms with E-state index in [9.17, 15) is 10.2 Å². The van der Waals surface area contributed by atoms with Crippen molar-refractivity contribution in [1.82, 2.24) is 5.32 Å². The van der Waals surface area contributed by atoms with Crippen LogP contribution in [0.5, 0.6) is 17.2 Å². The zero-order chi connectivity index (χ0) is 13.5. The molecular formula is C13H21NO4. The molecule has 18 heavy (non-hydrogen) atoms. The largest absolute Gasteiger partial charge is 0.504 e. The fourth-order valence-corrected chi connectivity index (χ4v) is 1.44. The lowest BCUT2D eigenvalue weighted by molar-refractivity contribution is 0.111. The number of phenolic OH excluding ortho intramolecular Hbond substituents is 3. The summed E-state index contributed by atoms with van der Waals surface area (Å²) in [5.74, 6) is -0.574. The van der Waals surface area contributed by atoms with Gasteiger partial charge in [-0.25, -0.2) is 0 Å². The zero-order valence-electron chi connectivity index (χ0n) is 10.8. The van der Waals surface area contributed by atoms with E-state index in [1.54, 1.807) is 6.07 Å². The summed E-state index contributed by atoms with van der Waals surface area (Å²) in [6.45, 7) is 6.57. The fraction of sp³-hybridized carbons (Fsp3) is 0.538. The molecule has 4 N–H and O–H groups in total. The molecule has 0 spiro atoms. The van der Waals surface area contributed by atoms with Gasteiger partial charge in [0.1, 0.15) is 0 Å². The van der Waals surface area contributed by atoms with E-state index in [4.69, 9.17) is 9.84 Å². The number of phenols is 3. The standard InChI is InChI=1S/C13H21NO4/c1-9(2)8-18-6-5-14-7-10-3-4-11(15)13(17)12(10)16/h3-4,9,14-17H,5-8H2,1-2H3. The van der Waals surface area contributed by atoms with E-state index in [0.29, 0.717) is 31.2 Å².